The summed E-state index contributed by atoms with van der Waals surface area (Å²) in [5.74, 6) is 0.604. The number of oxazole rings is 1. The lowest BCUT2D eigenvalue weighted by atomic mass is 10.3. The Kier molecular flexibility index (Phi) is 4.93. The molecule has 0 aliphatic heterocycles. The van der Waals surface area contributed by atoms with Crippen LogP contribution >= 0.6 is 0 Å². The lowest BCUT2D eigenvalue weighted by Crippen LogP contribution is -2.28. The minimum absolute atomic E-state index is 0.464. The molecule has 0 saturated heterocycles. The molecular weight excluding hydrogens is 256 g/mol. The largest absolute Gasteiger partial charge is 0.439 e. The van der Waals surface area contributed by atoms with Crippen LogP contribution in [0.1, 0.15) is 12.3 Å². The summed E-state index contributed by atoms with van der Waals surface area (Å²) in [7, 11) is 1.66. The normalized spacial score (nSPS) is 11.1. The SMILES string of the molecule is COCCN(CCC#N)Cc1nc2c(N)cccc2o1. The summed E-state index contributed by atoms with van der Waals surface area (Å²) in [6.07, 6.45) is 0.464. The highest BCUT2D eigenvalue weighted by atomic mass is 16.5. The van der Waals surface area contributed by atoms with Crippen LogP contribution in [0, 0.1) is 11.3 Å². The van der Waals surface area contributed by atoms with Crippen LogP contribution in [0.5, 0.6) is 0 Å². The molecule has 106 valence electrons. The third-order valence-corrected chi connectivity index (χ3v) is 3.00. The van der Waals surface area contributed by atoms with Crippen molar-refractivity contribution in [3.05, 3.63) is 24.1 Å². The number of nitriles is 1. The Labute approximate surface area is 117 Å². The van der Waals surface area contributed by atoms with Crippen molar-refractivity contribution in [1.29, 1.82) is 5.26 Å². The molecule has 1 heterocycles. The highest BCUT2D eigenvalue weighted by Gasteiger charge is 2.12. The van der Waals surface area contributed by atoms with Gasteiger partial charge in [-0.15, -0.1) is 0 Å². The number of benzene rings is 1. The van der Waals surface area contributed by atoms with Crippen LogP contribution in [-0.2, 0) is 11.3 Å². The van der Waals surface area contributed by atoms with E-state index in [1.807, 2.05) is 12.1 Å². The van der Waals surface area contributed by atoms with Gasteiger partial charge in [0.15, 0.2) is 5.58 Å². The molecule has 0 spiro atoms. The zero-order valence-electron chi connectivity index (χ0n) is 11.5. The molecule has 2 N–H and O–H groups in total. The number of methoxy groups -OCH3 is 1. The summed E-state index contributed by atoms with van der Waals surface area (Å²) in [6.45, 7) is 2.54. The Hall–Kier alpha value is -2.10. The van der Waals surface area contributed by atoms with Crippen molar-refractivity contribution in [2.45, 2.75) is 13.0 Å². The van der Waals surface area contributed by atoms with Crippen LogP contribution < -0.4 is 5.73 Å². The summed E-state index contributed by atoms with van der Waals surface area (Å²) in [5, 5.41) is 8.69. The molecule has 0 unspecified atom stereocenters. The van der Waals surface area contributed by atoms with Crippen LogP contribution in [0.4, 0.5) is 5.69 Å². The third kappa shape index (κ3) is 3.47. The molecule has 20 heavy (non-hydrogen) atoms. The summed E-state index contributed by atoms with van der Waals surface area (Å²) in [4.78, 5) is 6.49. The molecule has 6 nitrogen and oxygen atoms in total. The predicted octanol–water partition coefficient (Wildman–Crippen LogP) is 1.77. The van der Waals surface area contributed by atoms with Crippen LogP contribution in [-0.4, -0.2) is 36.7 Å². The van der Waals surface area contributed by atoms with Crippen LogP contribution in [0.2, 0.25) is 0 Å². The second kappa shape index (κ2) is 6.89. The van der Waals surface area contributed by atoms with E-state index in [1.54, 1.807) is 13.2 Å². The van der Waals surface area contributed by atoms with Crippen LogP contribution in [0.3, 0.4) is 0 Å². The fourth-order valence-corrected chi connectivity index (χ4v) is 1.97. The monoisotopic (exact) mass is 274 g/mol. The maximum Gasteiger partial charge on any atom is 0.209 e. The number of rotatable bonds is 7. The molecule has 0 fully saturated rings. The van der Waals surface area contributed by atoms with E-state index in [2.05, 4.69) is 16.0 Å². The number of fused-ring (bicyclic) bond motifs is 1. The van der Waals surface area contributed by atoms with E-state index in [9.17, 15) is 0 Å². The van der Waals surface area contributed by atoms with Crippen LogP contribution in [0.15, 0.2) is 22.6 Å². The maximum atomic E-state index is 8.69. The van der Waals surface area contributed by atoms with Gasteiger partial charge in [0, 0.05) is 26.6 Å². The van der Waals surface area contributed by atoms with Gasteiger partial charge in [0.2, 0.25) is 5.89 Å². The molecule has 1 aromatic heterocycles. The smallest absolute Gasteiger partial charge is 0.209 e. The molecule has 1 aromatic carbocycles. The zero-order valence-corrected chi connectivity index (χ0v) is 11.5. The molecule has 0 bridgehead atoms. The van der Waals surface area contributed by atoms with Crippen molar-refractivity contribution >= 4 is 16.8 Å². The lowest BCUT2D eigenvalue weighted by molar-refractivity contribution is 0.140. The number of anilines is 1. The fraction of sp³-hybridized carbons (Fsp3) is 0.429. The third-order valence-electron chi connectivity index (χ3n) is 3.00. The molecule has 2 rings (SSSR count). The number of para-hydroxylation sites is 1. The average Bonchev–Trinajstić information content (AvgIpc) is 2.86. The van der Waals surface area contributed by atoms with E-state index >= 15 is 0 Å². The second-order valence-electron chi connectivity index (χ2n) is 4.48. The average molecular weight is 274 g/mol. The van der Waals surface area contributed by atoms with Gasteiger partial charge in [0.05, 0.1) is 24.9 Å². The quantitative estimate of drug-likeness (QED) is 0.774. The van der Waals surface area contributed by atoms with E-state index < -0.39 is 0 Å². The van der Waals surface area contributed by atoms with Gasteiger partial charge in [-0.05, 0) is 12.1 Å². The van der Waals surface area contributed by atoms with Crippen LogP contribution in [0.25, 0.3) is 11.1 Å². The Morgan fingerprint density at radius 3 is 3.00 bits per heavy atom. The summed E-state index contributed by atoms with van der Waals surface area (Å²) >= 11 is 0. The van der Waals surface area contributed by atoms with Gasteiger partial charge < -0.3 is 14.9 Å². The Balaban J connectivity index is 2.11. The van der Waals surface area contributed by atoms with Gasteiger partial charge >= 0.3 is 0 Å². The molecular formula is C14H18N4O2. The number of aromatic nitrogens is 1. The van der Waals surface area contributed by atoms with Gasteiger partial charge in [0.1, 0.15) is 5.52 Å². The van der Waals surface area contributed by atoms with Gasteiger partial charge in [-0.2, -0.15) is 5.26 Å². The summed E-state index contributed by atoms with van der Waals surface area (Å²) in [5.41, 5.74) is 7.85. The van der Waals surface area contributed by atoms with E-state index in [0.29, 0.717) is 48.8 Å². The summed E-state index contributed by atoms with van der Waals surface area (Å²) < 4.78 is 10.8. The van der Waals surface area contributed by atoms with E-state index in [-0.39, 0.29) is 0 Å². The molecule has 0 saturated carbocycles. The Morgan fingerprint density at radius 2 is 2.30 bits per heavy atom. The maximum absolute atomic E-state index is 8.69. The van der Waals surface area contributed by atoms with Gasteiger partial charge in [0.25, 0.3) is 0 Å². The first-order valence-corrected chi connectivity index (χ1v) is 6.46. The second-order valence-corrected chi connectivity index (χ2v) is 4.48. The molecule has 0 amide bonds. The fourth-order valence-electron chi connectivity index (χ4n) is 1.97. The topological polar surface area (TPSA) is 88.3 Å². The van der Waals surface area contributed by atoms with E-state index in [1.165, 1.54) is 0 Å². The number of nitrogens with zero attached hydrogens (tertiary/aromatic N) is 3. The van der Waals surface area contributed by atoms with Gasteiger partial charge in [-0.3, -0.25) is 4.90 Å². The van der Waals surface area contributed by atoms with Crippen molar-refractivity contribution < 1.29 is 9.15 Å². The lowest BCUT2D eigenvalue weighted by Gasteiger charge is -2.18. The number of nitrogens with two attached hydrogens (primary N) is 1. The standard InChI is InChI=1S/C14H18N4O2/c1-19-9-8-18(7-3-6-15)10-13-17-14-11(16)4-2-5-12(14)20-13/h2,4-5H,3,7-10,16H2,1H3. The molecule has 0 atom stereocenters. The zero-order chi connectivity index (χ0) is 14.4. The van der Waals surface area contributed by atoms with Crippen molar-refractivity contribution in [1.82, 2.24) is 9.88 Å². The highest BCUT2D eigenvalue weighted by molar-refractivity contribution is 5.85. The predicted molar refractivity (Wildman–Crippen MR) is 75.8 cm³/mol. The van der Waals surface area contributed by atoms with E-state index in [0.717, 1.165) is 6.54 Å². The molecule has 6 heteroatoms. The van der Waals surface area contributed by atoms with Crippen molar-refractivity contribution in [2.24, 2.45) is 0 Å². The Morgan fingerprint density at radius 1 is 1.45 bits per heavy atom. The Bertz CT molecular complexity index is 603. The number of hydrogen-bond donors (Lipinski definition) is 1. The number of hydrogen-bond acceptors (Lipinski definition) is 6. The van der Waals surface area contributed by atoms with Crippen molar-refractivity contribution in [2.75, 3.05) is 32.5 Å². The van der Waals surface area contributed by atoms with E-state index in [4.69, 9.17) is 20.1 Å². The first-order chi connectivity index (χ1) is 9.74. The van der Waals surface area contributed by atoms with Crippen molar-refractivity contribution in [3.8, 4) is 6.07 Å². The summed E-state index contributed by atoms with van der Waals surface area (Å²) in [6, 6.07) is 7.62. The minimum atomic E-state index is 0.464. The highest BCUT2D eigenvalue weighted by Crippen LogP contribution is 2.21. The minimum Gasteiger partial charge on any atom is -0.439 e. The molecule has 0 aliphatic carbocycles. The first kappa shape index (κ1) is 14.3. The molecule has 0 aliphatic rings. The van der Waals surface area contributed by atoms with Gasteiger partial charge in [-0.1, -0.05) is 6.07 Å². The molecule has 2 aromatic rings. The first-order valence-electron chi connectivity index (χ1n) is 6.46. The number of nitrogen functional groups attached to an aromatic ring is 1. The van der Waals surface area contributed by atoms with Gasteiger partial charge in [-0.25, -0.2) is 4.98 Å². The molecule has 0 radical (unpaired) electrons. The number of ether oxygens (including phenoxy) is 1. The van der Waals surface area contributed by atoms with Crippen molar-refractivity contribution in [3.63, 3.8) is 0 Å².